The van der Waals surface area contributed by atoms with Crippen LogP contribution in [-0.2, 0) is 6.42 Å². The summed E-state index contributed by atoms with van der Waals surface area (Å²) in [7, 11) is 0. The lowest BCUT2D eigenvalue weighted by molar-refractivity contribution is 0.0980. The van der Waals surface area contributed by atoms with Crippen LogP contribution in [0.4, 0.5) is 0 Å². The van der Waals surface area contributed by atoms with Crippen molar-refractivity contribution in [3.05, 3.63) is 57.6 Å². The van der Waals surface area contributed by atoms with E-state index in [0.29, 0.717) is 16.5 Å². The lowest BCUT2D eigenvalue weighted by Gasteiger charge is -2.05. The number of carbonyl (C=O) groups is 1. The summed E-state index contributed by atoms with van der Waals surface area (Å²) in [4.78, 5) is 12.0. The first-order chi connectivity index (χ1) is 9.47. The molecule has 104 valence electrons. The number of rotatable bonds is 4. The maximum absolute atomic E-state index is 12.0. The second kappa shape index (κ2) is 6.16. The van der Waals surface area contributed by atoms with E-state index in [0.717, 1.165) is 5.56 Å². The number of aromatic hydroxyl groups is 2. The Bertz CT molecular complexity index is 654. The van der Waals surface area contributed by atoms with Crippen LogP contribution in [0.25, 0.3) is 0 Å². The fourth-order valence-electron chi connectivity index (χ4n) is 1.84. The molecule has 0 aliphatic rings. The fourth-order valence-corrected chi connectivity index (χ4v) is 2.16. The molecule has 0 unspecified atom stereocenters. The molecule has 0 aliphatic carbocycles. The van der Waals surface area contributed by atoms with Crippen molar-refractivity contribution >= 4 is 29.0 Å². The second-order valence-corrected chi connectivity index (χ2v) is 5.19. The number of hydrogen-bond acceptors (Lipinski definition) is 3. The van der Waals surface area contributed by atoms with Crippen LogP contribution in [0.5, 0.6) is 11.5 Å². The molecule has 0 amide bonds. The van der Waals surface area contributed by atoms with Gasteiger partial charge >= 0.3 is 0 Å². The standard InChI is InChI=1S/C15H12Cl2O3/c16-12-4-1-9(7-13(12)17)2-5-14(19)11-8-10(18)3-6-15(11)20/h1,3-4,6-8,18,20H,2,5H2. The largest absolute Gasteiger partial charge is 0.508 e. The van der Waals surface area contributed by atoms with E-state index in [1.165, 1.54) is 18.2 Å². The third-order valence-corrected chi connectivity index (χ3v) is 3.64. The Morgan fingerprint density at radius 3 is 2.45 bits per heavy atom. The van der Waals surface area contributed by atoms with Gasteiger partial charge in [0, 0.05) is 6.42 Å². The molecule has 0 aliphatic heterocycles. The van der Waals surface area contributed by atoms with Crippen LogP contribution in [0.15, 0.2) is 36.4 Å². The highest BCUT2D eigenvalue weighted by atomic mass is 35.5. The molecule has 0 heterocycles. The first kappa shape index (κ1) is 14.7. The van der Waals surface area contributed by atoms with E-state index < -0.39 is 0 Å². The van der Waals surface area contributed by atoms with Gasteiger partial charge in [-0.2, -0.15) is 0 Å². The van der Waals surface area contributed by atoms with E-state index in [2.05, 4.69) is 0 Å². The predicted molar refractivity (Wildman–Crippen MR) is 78.9 cm³/mol. The fraction of sp³-hybridized carbons (Fsp3) is 0.133. The lowest BCUT2D eigenvalue weighted by atomic mass is 10.0. The van der Waals surface area contributed by atoms with Gasteiger partial charge in [0.15, 0.2) is 5.78 Å². The molecule has 20 heavy (non-hydrogen) atoms. The molecule has 5 heteroatoms. The topological polar surface area (TPSA) is 57.5 Å². The summed E-state index contributed by atoms with van der Waals surface area (Å²) in [6.45, 7) is 0. The molecule has 2 rings (SSSR count). The quantitative estimate of drug-likeness (QED) is 0.656. The Labute approximate surface area is 126 Å². The summed E-state index contributed by atoms with van der Waals surface area (Å²) in [5.41, 5.74) is 0.998. The lowest BCUT2D eigenvalue weighted by Crippen LogP contribution is -2.01. The predicted octanol–water partition coefficient (Wildman–Crippen LogP) is 4.22. The summed E-state index contributed by atoms with van der Waals surface area (Å²) in [6.07, 6.45) is 0.680. The normalized spacial score (nSPS) is 10.5. The monoisotopic (exact) mass is 310 g/mol. The SMILES string of the molecule is O=C(CCc1ccc(Cl)c(Cl)c1)c1cc(O)ccc1O. The zero-order valence-corrected chi connectivity index (χ0v) is 11.9. The van der Waals surface area contributed by atoms with Crippen molar-refractivity contribution < 1.29 is 15.0 Å². The van der Waals surface area contributed by atoms with Crippen LogP contribution in [0.1, 0.15) is 22.3 Å². The number of ketones is 1. The molecule has 0 saturated heterocycles. The molecule has 0 saturated carbocycles. The summed E-state index contributed by atoms with van der Waals surface area (Å²) >= 11 is 11.7. The summed E-state index contributed by atoms with van der Waals surface area (Å²) in [6, 6.07) is 9.05. The number of hydrogen-bond donors (Lipinski definition) is 2. The Balaban J connectivity index is 2.08. The van der Waals surface area contributed by atoms with Gasteiger partial charge in [-0.1, -0.05) is 29.3 Å². The minimum Gasteiger partial charge on any atom is -0.508 e. The molecule has 3 nitrogen and oxygen atoms in total. The molecule has 2 aromatic carbocycles. The smallest absolute Gasteiger partial charge is 0.167 e. The maximum Gasteiger partial charge on any atom is 0.167 e. The number of halogens is 2. The number of aryl methyl sites for hydroxylation is 1. The molecule has 2 N–H and O–H groups in total. The van der Waals surface area contributed by atoms with Crippen LogP contribution >= 0.6 is 23.2 Å². The number of benzene rings is 2. The van der Waals surface area contributed by atoms with Crippen molar-refractivity contribution in [3.63, 3.8) is 0 Å². The van der Waals surface area contributed by atoms with E-state index in [1.807, 2.05) is 0 Å². The highest BCUT2D eigenvalue weighted by Gasteiger charge is 2.12. The minimum absolute atomic E-state index is 0.0549. The number of Topliss-reactive ketones (excluding diaryl/α,β-unsaturated/α-hetero) is 1. The van der Waals surface area contributed by atoms with Crippen molar-refractivity contribution in [2.45, 2.75) is 12.8 Å². The first-order valence-electron chi connectivity index (χ1n) is 5.96. The van der Waals surface area contributed by atoms with Gasteiger partial charge in [0.1, 0.15) is 11.5 Å². The minimum atomic E-state index is -0.246. The van der Waals surface area contributed by atoms with Crippen LogP contribution in [0.2, 0.25) is 10.0 Å². The number of phenolic OH excluding ortho intramolecular Hbond substituents is 2. The molecule has 0 radical (unpaired) electrons. The van der Waals surface area contributed by atoms with E-state index in [-0.39, 0.29) is 29.3 Å². The van der Waals surface area contributed by atoms with Crippen molar-refractivity contribution in [1.82, 2.24) is 0 Å². The van der Waals surface area contributed by atoms with Gasteiger partial charge in [0.25, 0.3) is 0 Å². The van der Waals surface area contributed by atoms with Crippen molar-refractivity contribution in [3.8, 4) is 11.5 Å². The molecule has 2 aromatic rings. The third-order valence-electron chi connectivity index (χ3n) is 2.91. The van der Waals surface area contributed by atoms with E-state index in [4.69, 9.17) is 23.2 Å². The van der Waals surface area contributed by atoms with E-state index in [1.54, 1.807) is 18.2 Å². The second-order valence-electron chi connectivity index (χ2n) is 4.37. The maximum atomic E-state index is 12.0. The van der Waals surface area contributed by atoms with Gasteiger partial charge in [0.05, 0.1) is 15.6 Å². The zero-order valence-electron chi connectivity index (χ0n) is 10.4. The molecule has 0 fully saturated rings. The van der Waals surface area contributed by atoms with E-state index in [9.17, 15) is 15.0 Å². The van der Waals surface area contributed by atoms with Crippen molar-refractivity contribution in [2.24, 2.45) is 0 Å². The summed E-state index contributed by atoms with van der Waals surface area (Å²) in [5.74, 6) is -0.438. The zero-order chi connectivity index (χ0) is 14.7. The molecule has 0 bridgehead atoms. The van der Waals surface area contributed by atoms with Crippen LogP contribution in [0, 0.1) is 0 Å². The third kappa shape index (κ3) is 3.44. The average molecular weight is 311 g/mol. The molecule has 0 atom stereocenters. The van der Waals surface area contributed by atoms with Gasteiger partial charge < -0.3 is 10.2 Å². The number of carbonyl (C=O) groups excluding carboxylic acids is 1. The van der Waals surface area contributed by atoms with E-state index >= 15 is 0 Å². The van der Waals surface area contributed by atoms with Crippen LogP contribution in [0.3, 0.4) is 0 Å². The van der Waals surface area contributed by atoms with Crippen molar-refractivity contribution in [1.29, 1.82) is 0 Å². The average Bonchev–Trinajstić information content (AvgIpc) is 2.42. The van der Waals surface area contributed by atoms with Gasteiger partial charge in [-0.15, -0.1) is 0 Å². The Hall–Kier alpha value is -1.71. The highest BCUT2D eigenvalue weighted by Crippen LogP contribution is 2.25. The molecule has 0 aromatic heterocycles. The molecular weight excluding hydrogens is 299 g/mol. The van der Waals surface area contributed by atoms with Crippen LogP contribution < -0.4 is 0 Å². The van der Waals surface area contributed by atoms with Crippen LogP contribution in [-0.4, -0.2) is 16.0 Å². The van der Waals surface area contributed by atoms with Gasteiger partial charge in [0.2, 0.25) is 0 Å². The summed E-state index contributed by atoms with van der Waals surface area (Å²) in [5, 5.41) is 19.9. The molecular formula is C15H12Cl2O3. The van der Waals surface area contributed by atoms with Crippen molar-refractivity contribution in [2.75, 3.05) is 0 Å². The first-order valence-corrected chi connectivity index (χ1v) is 6.72. The summed E-state index contributed by atoms with van der Waals surface area (Å²) < 4.78 is 0. The molecule has 0 spiro atoms. The Kier molecular flexibility index (Phi) is 4.53. The Morgan fingerprint density at radius 2 is 1.75 bits per heavy atom. The van der Waals surface area contributed by atoms with Gasteiger partial charge in [-0.3, -0.25) is 4.79 Å². The number of phenols is 2. The van der Waals surface area contributed by atoms with Gasteiger partial charge in [-0.25, -0.2) is 0 Å². The van der Waals surface area contributed by atoms with Gasteiger partial charge in [-0.05, 0) is 42.3 Å². The Morgan fingerprint density at radius 1 is 1.00 bits per heavy atom. The highest BCUT2D eigenvalue weighted by molar-refractivity contribution is 6.42.